The molecule has 4 aromatic rings. The van der Waals surface area contributed by atoms with Crippen LogP contribution in [0.15, 0.2) is 123 Å². The molecule has 3 aliphatic carbocycles. The van der Waals surface area contributed by atoms with Gasteiger partial charge in [0.05, 0.1) is 78.3 Å². The van der Waals surface area contributed by atoms with Crippen LogP contribution >= 0.6 is 0 Å². The first-order valence-corrected chi connectivity index (χ1v) is 36.6. The number of hydrogen-bond acceptors (Lipinski definition) is 14. The second-order valence-electron chi connectivity index (χ2n) is 30.3. The topological polar surface area (TPSA) is 171 Å². The van der Waals surface area contributed by atoms with Crippen LogP contribution in [0.2, 0.25) is 0 Å². The van der Waals surface area contributed by atoms with Crippen LogP contribution < -0.4 is 9.47 Å². The fourth-order valence-corrected chi connectivity index (χ4v) is 14.2. The summed E-state index contributed by atoms with van der Waals surface area (Å²) in [6.45, 7) is 40.6. The quantitative estimate of drug-likeness (QED) is 0.0334. The number of ether oxygens (including phenoxy) is 12. The van der Waals surface area contributed by atoms with Crippen LogP contribution in [-0.2, 0) is 83.9 Å². The Kier molecular flexibility index (Phi) is 27.4. The molecule has 0 bridgehead atoms. The monoisotopic (exact) mass is 1340 g/mol. The second kappa shape index (κ2) is 35.8. The Morgan fingerprint density at radius 2 is 0.660 bits per heavy atom. The molecule has 0 amide bonds. The van der Waals surface area contributed by atoms with Gasteiger partial charge in [-0.2, -0.15) is 0 Å². The Morgan fingerprint density at radius 3 is 0.979 bits per heavy atom. The summed E-state index contributed by atoms with van der Waals surface area (Å²) in [5, 5.41) is 19.9. The second-order valence-corrected chi connectivity index (χ2v) is 30.3. The van der Waals surface area contributed by atoms with Gasteiger partial charge < -0.3 is 67.1 Å². The number of epoxide rings is 6. The molecule has 6 saturated heterocycles. The van der Waals surface area contributed by atoms with Crippen molar-refractivity contribution in [1.29, 1.82) is 0 Å². The molecule has 4 aromatic carbocycles. The van der Waals surface area contributed by atoms with E-state index in [4.69, 9.17) is 56.8 Å². The summed E-state index contributed by atoms with van der Waals surface area (Å²) in [6, 6.07) is 24.4. The summed E-state index contributed by atoms with van der Waals surface area (Å²) in [4.78, 5) is 0. The van der Waals surface area contributed by atoms with E-state index in [0.29, 0.717) is 79.6 Å². The van der Waals surface area contributed by atoms with Crippen molar-refractivity contribution in [3.8, 4) is 23.0 Å². The third-order valence-corrected chi connectivity index (χ3v) is 21.7. The molecule has 6 unspecified atom stereocenters. The average molecular weight is 1340 g/mol. The fourth-order valence-electron chi connectivity index (χ4n) is 14.2. The van der Waals surface area contributed by atoms with Gasteiger partial charge in [-0.05, 0) is 201 Å². The summed E-state index contributed by atoms with van der Waals surface area (Å²) in [5.41, 5.74) is 8.78. The summed E-state index contributed by atoms with van der Waals surface area (Å²) >= 11 is 0. The fraction of sp³-hybridized carbons (Fsp3) is 0.614. The van der Waals surface area contributed by atoms with Crippen molar-refractivity contribution in [2.24, 2.45) is 29.1 Å². The zero-order valence-electron chi connectivity index (χ0n) is 59.5. The molecule has 3 saturated carbocycles. The van der Waals surface area contributed by atoms with E-state index in [-0.39, 0.29) is 23.0 Å². The van der Waals surface area contributed by atoms with Crippen molar-refractivity contribution in [2.45, 2.75) is 204 Å². The first kappa shape index (κ1) is 74.3. The number of aromatic hydroxyl groups is 2. The molecule has 0 spiro atoms. The van der Waals surface area contributed by atoms with Gasteiger partial charge in [-0.15, -0.1) is 26.3 Å². The molecular formula is C83H116O14. The highest BCUT2D eigenvalue weighted by Crippen LogP contribution is 2.49. The van der Waals surface area contributed by atoms with Gasteiger partial charge in [0.15, 0.2) is 0 Å². The van der Waals surface area contributed by atoms with Crippen molar-refractivity contribution in [1.82, 2.24) is 0 Å². The Bertz CT molecular complexity index is 2900. The van der Waals surface area contributed by atoms with Gasteiger partial charge in [0.1, 0.15) is 72.8 Å². The number of allylic oxidation sites excluding steroid dienone is 4. The molecule has 97 heavy (non-hydrogen) atoms. The maximum atomic E-state index is 9.96. The molecule has 14 nitrogen and oxygen atoms in total. The van der Waals surface area contributed by atoms with Crippen LogP contribution in [0, 0.1) is 29.1 Å². The van der Waals surface area contributed by atoms with Crippen molar-refractivity contribution in [3.63, 3.8) is 0 Å². The van der Waals surface area contributed by atoms with Crippen molar-refractivity contribution >= 4 is 0 Å². The van der Waals surface area contributed by atoms with Crippen LogP contribution in [0.5, 0.6) is 23.0 Å². The summed E-state index contributed by atoms with van der Waals surface area (Å²) < 4.78 is 66.7. The van der Waals surface area contributed by atoms with E-state index in [0.717, 1.165) is 161 Å². The molecule has 0 aromatic heterocycles. The predicted molar refractivity (Wildman–Crippen MR) is 383 cm³/mol. The molecule has 9 aliphatic rings. The first-order valence-electron chi connectivity index (χ1n) is 36.6. The van der Waals surface area contributed by atoms with E-state index in [9.17, 15) is 10.2 Å². The zero-order chi connectivity index (χ0) is 68.4. The van der Waals surface area contributed by atoms with Crippen LogP contribution in [0.25, 0.3) is 0 Å². The largest absolute Gasteiger partial charge is 0.508 e. The minimum atomic E-state index is -0.243. The van der Waals surface area contributed by atoms with Gasteiger partial charge in [0, 0.05) is 24.0 Å². The predicted octanol–water partition coefficient (Wildman–Crippen LogP) is 15.5. The SMILES string of the molecule is C1CC(COCC2CO2)CCC1COCC1CO1.C=CCc1cc(C(C)(C)c2ccc(O)c(CC=C)c2)ccc1O.C=CCc1cc(C(C)(C)c2ccc(OCC3CO3)c(CC=C)c2)ccc1OCC1CO1.CC(C)(C1CCC(OCC2CO2)CC1)C1CCC(OCC2CO2)CC1. The number of phenols is 2. The summed E-state index contributed by atoms with van der Waals surface area (Å²) in [6.07, 6.45) is 28.7. The Morgan fingerprint density at radius 1 is 0.371 bits per heavy atom. The van der Waals surface area contributed by atoms with Crippen molar-refractivity contribution in [3.05, 3.63) is 168 Å². The van der Waals surface area contributed by atoms with E-state index < -0.39 is 0 Å². The number of rotatable bonds is 34. The van der Waals surface area contributed by atoms with Gasteiger partial charge >= 0.3 is 0 Å². The third-order valence-electron chi connectivity index (χ3n) is 21.7. The van der Waals surface area contributed by atoms with Gasteiger partial charge in [-0.25, -0.2) is 0 Å². The van der Waals surface area contributed by atoms with Crippen molar-refractivity contribution in [2.75, 3.05) is 92.5 Å². The van der Waals surface area contributed by atoms with E-state index in [1.54, 1.807) is 24.3 Å². The molecule has 9 fully saturated rings. The van der Waals surface area contributed by atoms with Gasteiger partial charge in [0.2, 0.25) is 0 Å². The highest BCUT2D eigenvalue weighted by atomic mass is 16.6. The summed E-state index contributed by atoms with van der Waals surface area (Å²) in [7, 11) is 0. The minimum absolute atomic E-state index is 0.178. The number of phenolic OH excluding ortho intramolecular Hbond substituents is 2. The molecule has 2 N–H and O–H groups in total. The van der Waals surface area contributed by atoms with E-state index >= 15 is 0 Å². The lowest BCUT2D eigenvalue weighted by molar-refractivity contribution is -0.0387. The molecule has 532 valence electrons. The summed E-state index contributed by atoms with van der Waals surface area (Å²) in [5.74, 6) is 5.63. The molecule has 6 atom stereocenters. The normalized spacial score (nSPS) is 26.8. The van der Waals surface area contributed by atoms with E-state index in [2.05, 4.69) is 104 Å². The Hall–Kier alpha value is -5.36. The van der Waals surface area contributed by atoms with Crippen LogP contribution in [0.4, 0.5) is 0 Å². The first-order chi connectivity index (χ1) is 46.9. The molecule has 6 aliphatic heterocycles. The Labute approximate surface area is 580 Å². The maximum absolute atomic E-state index is 9.96. The van der Waals surface area contributed by atoms with E-state index in [1.165, 1.54) is 88.2 Å². The lowest BCUT2D eigenvalue weighted by Crippen LogP contribution is -2.39. The van der Waals surface area contributed by atoms with Gasteiger partial charge in [0.25, 0.3) is 0 Å². The Balaban J connectivity index is 0.000000143. The smallest absolute Gasteiger partial charge is 0.122 e. The highest BCUT2D eigenvalue weighted by Gasteiger charge is 2.42. The van der Waals surface area contributed by atoms with Crippen molar-refractivity contribution < 1.29 is 67.1 Å². The lowest BCUT2D eigenvalue weighted by Gasteiger charge is -2.46. The van der Waals surface area contributed by atoms with Crippen LogP contribution in [0.3, 0.4) is 0 Å². The number of benzene rings is 4. The molecular weight excluding hydrogens is 1220 g/mol. The number of hydrogen-bond donors (Lipinski definition) is 2. The molecule has 14 heteroatoms. The molecule has 6 heterocycles. The zero-order valence-corrected chi connectivity index (χ0v) is 59.5. The lowest BCUT2D eigenvalue weighted by atomic mass is 9.60. The van der Waals surface area contributed by atoms with Gasteiger partial charge in [-0.1, -0.05) is 114 Å². The molecule has 13 rings (SSSR count). The van der Waals surface area contributed by atoms with E-state index in [1.807, 2.05) is 36.4 Å². The van der Waals surface area contributed by atoms with Crippen LogP contribution in [-0.4, -0.2) is 152 Å². The third kappa shape index (κ3) is 23.4. The maximum Gasteiger partial charge on any atom is 0.122 e. The average Bonchev–Trinajstić information content (AvgIpc) is 1.61. The van der Waals surface area contributed by atoms with Gasteiger partial charge in [-0.3, -0.25) is 0 Å². The molecule has 0 radical (unpaired) electrons. The standard InChI is InChI=1S/C27H32O4.C21H36O4.C21H24O2.C14H24O4/c1-5-7-19-13-21(9-11-25(19)30-17-23-15-28-23)27(3,4)22-10-12-26(20(14-22)8-6-2)31-18-24-16-29-24;1-21(2,15-3-7-17(8-4-15)22-11-19-13-24-19)16-5-9-18(10-6-16)23-12-20-14-25-20;1-5-7-15-13-17(9-11-19(15)22)21(3,4)18-10-12-20(23)16(14-18)8-6-2;1-2-12(6-16-8-14-10-18-14)4-3-11(1)5-15-7-13-9-17-13/h5-6,9-14,23-24H,1-2,7-8,15-18H2,3-4H3;15-20H,3-14H2,1-2H3;5-6,9-14,22-23H,1-2,7-8H2,3-4H3;11-14H,1-10H2. The highest BCUT2D eigenvalue weighted by molar-refractivity contribution is 5.50. The minimum Gasteiger partial charge on any atom is -0.508 e. The van der Waals surface area contributed by atoms with Crippen LogP contribution in [0.1, 0.15) is 163 Å².